The van der Waals surface area contributed by atoms with Crippen LogP contribution in [0.15, 0.2) is 24.0 Å². The van der Waals surface area contributed by atoms with Crippen molar-refractivity contribution in [1.29, 1.82) is 0 Å². The third-order valence-corrected chi connectivity index (χ3v) is 3.91. The van der Waals surface area contributed by atoms with Crippen molar-refractivity contribution in [3.05, 3.63) is 24.0 Å². The van der Waals surface area contributed by atoms with E-state index >= 15 is 0 Å². The zero-order chi connectivity index (χ0) is 15.9. The molecule has 0 saturated heterocycles. The molecule has 118 valence electrons. The number of aromatic hydroxyl groups is 1. The van der Waals surface area contributed by atoms with E-state index in [4.69, 9.17) is 5.11 Å². The SMILES string of the molecule is OCC[C@@H]1C(O)C(O)=C(Cn2cnc3c(O)ncnc32)[C@@H]1F. The van der Waals surface area contributed by atoms with E-state index in [-0.39, 0.29) is 36.5 Å². The maximum atomic E-state index is 14.4. The zero-order valence-corrected chi connectivity index (χ0v) is 11.5. The predicted molar refractivity (Wildman–Crippen MR) is 72.7 cm³/mol. The van der Waals surface area contributed by atoms with Crippen LogP contribution in [-0.4, -0.2) is 58.8 Å². The molecule has 3 atom stereocenters. The highest BCUT2D eigenvalue weighted by Gasteiger charge is 2.42. The van der Waals surface area contributed by atoms with Gasteiger partial charge in [0.05, 0.1) is 12.9 Å². The van der Waals surface area contributed by atoms with Crippen molar-refractivity contribution in [1.82, 2.24) is 19.5 Å². The summed E-state index contributed by atoms with van der Waals surface area (Å²) in [5, 5.41) is 38.3. The number of hydrogen-bond acceptors (Lipinski definition) is 7. The van der Waals surface area contributed by atoms with Gasteiger partial charge < -0.3 is 25.0 Å². The smallest absolute Gasteiger partial charge is 0.242 e. The molecule has 1 aliphatic carbocycles. The molecule has 4 N–H and O–H groups in total. The van der Waals surface area contributed by atoms with E-state index in [9.17, 15) is 19.7 Å². The lowest BCUT2D eigenvalue weighted by Crippen LogP contribution is -2.25. The Labute approximate surface area is 124 Å². The summed E-state index contributed by atoms with van der Waals surface area (Å²) in [7, 11) is 0. The van der Waals surface area contributed by atoms with Crippen molar-refractivity contribution in [2.24, 2.45) is 5.92 Å². The maximum Gasteiger partial charge on any atom is 0.242 e. The molecule has 2 aromatic heterocycles. The van der Waals surface area contributed by atoms with Crippen molar-refractivity contribution in [3.63, 3.8) is 0 Å². The molecular formula is C13H15FN4O4. The van der Waals surface area contributed by atoms with Crippen molar-refractivity contribution in [3.8, 4) is 5.88 Å². The topological polar surface area (TPSA) is 125 Å². The van der Waals surface area contributed by atoms with Crippen molar-refractivity contribution < 1.29 is 24.8 Å². The number of aliphatic hydroxyl groups excluding tert-OH is 3. The van der Waals surface area contributed by atoms with Crippen LogP contribution in [0, 0.1) is 5.92 Å². The van der Waals surface area contributed by atoms with Crippen molar-refractivity contribution in [2.45, 2.75) is 25.2 Å². The largest absolute Gasteiger partial charge is 0.509 e. The van der Waals surface area contributed by atoms with Gasteiger partial charge in [0.15, 0.2) is 11.2 Å². The first-order valence-corrected chi connectivity index (χ1v) is 6.74. The van der Waals surface area contributed by atoms with Gasteiger partial charge in [-0.3, -0.25) is 0 Å². The molecule has 2 heterocycles. The second kappa shape index (κ2) is 5.50. The normalized spacial score (nSPS) is 25.3. The first-order valence-electron chi connectivity index (χ1n) is 6.74. The standard InChI is InChI=1S/C13H15FN4O4/c14-8-6(1-2-19)10(20)11(21)7(8)3-18-5-17-9-12(18)15-4-16-13(9)22/h4-6,8,10,19-21H,1-3H2,(H,15,16,22)/t6-,8+,10?/m0/s1. The Morgan fingerprint density at radius 1 is 1.23 bits per heavy atom. The minimum atomic E-state index is -1.57. The Morgan fingerprint density at radius 2 is 2.00 bits per heavy atom. The number of hydrogen-bond donors (Lipinski definition) is 4. The number of fused-ring (bicyclic) bond motifs is 1. The van der Waals surface area contributed by atoms with Gasteiger partial charge in [0.2, 0.25) is 5.88 Å². The van der Waals surface area contributed by atoms with E-state index in [0.717, 1.165) is 6.33 Å². The monoisotopic (exact) mass is 310 g/mol. The molecule has 0 aliphatic heterocycles. The molecule has 1 unspecified atom stereocenters. The van der Waals surface area contributed by atoms with Crippen LogP contribution in [0.2, 0.25) is 0 Å². The summed E-state index contributed by atoms with van der Waals surface area (Å²) in [6.45, 7) is -0.350. The van der Waals surface area contributed by atoms with Gasteiger partial charge in [-0.2, -0.15) is 4.98 Å². The van der Waals surface area contributed by atoms with E-state index in [2.05, 4.69) is 15.0 Å². The van der Waals surface area contributed by atoms with E-state index in [1.807, 2.05) is 0 Å². The quantitative estimate of drug-likeness (QED) is 0.629. The fourth-order valence-electron chi connectivity index (χ4n) is 2.74. The van der Waals surface area contributed by atoms with Crippen LogP contribution in [0.25, 0.3) is 11.2 Å². The second-order valence-corrected chi connectivity index (χ2v) is 5.18. The Bertz CT molecular complexity index is 732. The summed E-state index contributed by atoms with van der Waals surface area (Å²) in [5.41, 5.74) is 0.479. The zero-order valence-electron chi connectivity index (χ0n) is 11.5. The third kappa shape index (κ3) is 2.18. The summed E-state index contributed by atoms with van der Waals surface area (Å²) in [6, 6.07) is 0. The van der Waals surface area contributed by atoms with E-state index in [1.165, 1.54) is 10.9 Å². The average molecular weight is 310 g/mol. The van der Waals surface area contributed by atoms with Crippen LogP contribution < -0.4 is 0 Å². The Balaban J connectivity index is 1.93. The van der Waals surface area contributed by atoms with Crippen LogP contribution in [0.5, 0.6) is 5.88 Å². The van der Waals surface area contributed by atoms with Gasteiger partial charge in [0.25, 0.3) is 0 Å². The number of alkyl halides is 1. The number of nitrogens with zero attached hydrogens (tertiary/aromatic N) is 4. The molecule has 0 spiro atoms. The molecule has 1 aliphatic rings. The van der Waals surface area contributed by atoms with Gasteiger partial charge >= 0.3 is 0 Å². The highest BCUT2D eigenvalue weighted by atomic mass is 19.1. The summed E-state index contributed by atoms with van der Waals surface area (Å²) in [4.78, 5) is 11.5. The first-order chi connectivity index (χ1) is 10.5. The summed E-state index contributed by atoms with van der Waals surface area (Å²) >= 11 is 0. The highest BCUT2D eigenvalue weighted by Crippen LogP contribution is 2.36. The molecule has 0 radical (unpaired) electrons. The third-order valence-electron chi connectivity index (χ3n) is 3.91. The van der Waals surface area contributed by atoms with Crippen molar-refractivity contribution in [2.75, 3.05) is 6.61 Å². The molecule has 9 heteroatoms. The van der Waals surface area contributed by atoms with Crippen LogP contribution >= 0.6 is 0 Å². The molecular weight excluding hydrogens is 295 g/mol. The Kier molecular flexibility index (Phi) is 3.67. The van der Waals surface area contributed by atoms with Gasteiger partial charge in [-0.1, -0.05) is 0 Å². The van der Waals surface area contributed by atoms with Gasteiger partial charge in [0.1, 0.15) is 24.4 Å². The predicted octanol–water partition coefficient (Wildman–Crippen LogP) is 0.0552. The second-order valence-electron chi connectivity index (χ2n) is 5.18. The lowest BCUT2D eigenvalue weighted by Gasteiger charge is -2.16. The fourth-order valence-corrected chi connectivity index (χ4v) is 2.74. The van der Waals surface area contributed by atoms with E-state index in [1.54, 1.807) is 0 Å². The highest BCUT2D eigenvalue weighted by molar-refractivity contribution is 5.75. The van der Waals surface area contributed by atoms with Crippen LogP contribution in [0.1, 0.15) is 6.42 Å². The minimum absolute atomic E-state index is 0.0170. The molecule has 3 rings (SSSR count). The lowest BCUT2D eigenvalue weighted by atomic mass is 9.98. The van der Waals surface area contributed by atoms with E-state index < -0.39 is 24.0 Å². The summed E-state index contributed by atoms with van der Waals surface area (Å²) in [5.74, 6) is -1.59. The number of halogens is 1. The molecule has 22 heavy (non-hydrogen) atoms. The first kappa shape index (κ1) is 14.7. The number of aliphatic hydroxyl groups is 3. The summed E-state index contributed by atoms with van der Waals surface area (Å²) in [6.07, 6.45) is -0.374. The molecule has 0 saturated carbocycles. The minimum Gasteiger partial charge on any atom is -0.509 e. The lowest BCUT2D eigenvalue weighted by molar-refractivity contribution is 0.0712. The number of rotatable bonds is 4. The molecule has 8 nitrogen and oxygen atoms in total. The van der Waals surface area contributed by atoms with Gasteiger partial charge in [0, 0.05) is 18.1 Å². The maximum absolute atomic E-state index is 14.4. The van der Waals surface area contributed by atoms with Crippen LogP contribution in [0.3, 0.4) is 0 Å². The van der Waals surface area contributed by atoms with Crippen LogP contribution in [-0.2, 0) is 6.54 Å². The fraction of sp³-hybridized carbons (Fsp3) is 0.462. The summed E-state index contributed by atoms with van der Waals surface area (Å²) < 4.78 is 15.9. The Hall–Kier alpha value is -2.26. The van der Waals surface area contributed by atoms with Gasteiger partial charge in [-0.15, -0.1) is 0 Å². The average Bonchev–Trinajstić information content (AvgIpc) is 3.00. The number of imidazole rings is 1. The number of allylic oxidation sites excluding steroid dienone is 1. The van der Waals surface area contributed by atoms with Gasteiger partial charge in [-0.25, -0.2) is 14.4 Å². The van der Waals surface area contributed by atoms with E-state index in [0.29, 0.717) is 5.65 Å². The van der Waals surface area contributed by atoms with Crippen LogP contribution in [0.4, 0.5) is 4.39 Å². The molecule has 0 fully saturated rings. The molecule has 2 aromatic rings. The molecule has 0 bridgehead atoms. The number of aromatic nitrogens is 4. The molecule has 0 amide bonds. The molecule has 0 aromatic carbocycles. The van der Waals surface area contributed by atoms with Crippen molar-refractivity contribution >= 4 is 11.2 Å². The van der Waals surface area contributed by atoms with Gasteiger partial charge in [-0.05, 0) is 6.42 Å². The Morgan fingerprint density at radius 3 is 2.73 bits per heavy atom.